The molecule has 0 amide bonds. The maximum absolute atomic E-state index is 9.42. The summed E-state index contributed by atoms with van der Waals surface area (Å²) in [5.41, 5.74) is 3.09. The van der Waals surface area contributed by atoms with E-state index in [9.17, 15) is 5.26 Å². The summed E-state index contributed by atoms with van der Waals surface area (Å²) in [5, 5.41) is 13.7. The van der Waals surface area contributed by atoms with E-state index in [0.717, 1.165) is 27.9 Å². The number of nitrogens with zero attached hydrogens (tertiary/aromatic N) is 3. The molecule has 0 atom stereocenters. The Balaban J connectivity index is 1.49. The van der Waals surface area contributed by atoms with Crippen LogP contribution in [0.3, 0.4) is 0 Å². The van der Waals surface area contributed by atoms with Crippen molar-refractivity contribution in [2.24, 2.45) is 0 Å². The molecule has 2 heterocycles. The lowest BCUT2D eigenvalue weighted by molar-refractivity contribution is 0.407. The molecule has 0 aliphatic heterocycles. The Labute approximate surface area is 168 Å². The van der Waals surface area contributed by atoms with Gasteiger partial charge in [-0.2, -0.15) is 5.26 Å². The molecule has 2 aromatic carbocycles. The molecule has 0 spiro atoms. The topological polar surface area (TPSA) is 80.1 Å². The van der Waals surface area contributed by atoms with Crippen molar-refractivity contribution in [1.29, 1.82) is 5.26 Å². The third kappa shape index (κ3) is 4.09. The minimum absolute atomic E-state index is 0.495. The van der Waals surface area contributed by atoms with Crippen molar-refractivity contribution in [1.82, 2.24) is 9.97 Å². The number of ether oxygens (including phenoxy) is 2. The molecule has 29 heavy (non-hydrogen) atoms. The average molecular weight is 382 g/mol. The van der Waals surface area contributed by atoms with Gasteiger partial charge in [0.2, 0.25) is 5.88 Å². The second kappa shape index (κ2) is 8.28. The van der Waals surface area contributed by atoms with Gasteiger partial charge in [0.15, 0.2) is 0 Å². The molecule has 0 aliphatic carbocycles. The lowest BCUT2D eigenvalue weighted by Crippen LogP contribution is -2.03. The largest absolute Gasteiger partial charge is 0.497 e. The van der Waals surface area contributed by atoms with Gasteiger partial charge in [-0.25, -0.2) is 4.98 Å². The molecule has 0 fully saturated rings. The average Bonchev–Trinajstić information content (AvgIpc) is 2.78. The number of fused-ring (bicyclic) bond motifs is 1. The van der Waals surface area contributed by atoms with Crippen molar-refractivity contribution >= 4 is 16.6 Å². The van der Waals surface area contributed by atoms with Gasteiger partial charge in [0.25, 0.3) is 0 Å². The van der Waals surface area contributed by atoms with Gasteiger partial charge in [0, 0.05) is 36.5 Å². The number of methoxy groups -OCH3 is 1. The Morgan fingerprint density at radius 3 is 2.62 bits per heavy atom. The van der Waals surface area contributed by atoms with E-state index in [1.807, 2.05) is 54.6 Å². The number of rotatable bonds is 6. The Morgan fingerprint density at radius 1 is 0.966 bits per heavy atom. The van der Waals surface area contributed by atoms with E-state index < -0.39 is 0 Å². The molecule has 1 N–H and O–H groups in total. The van der Waals surface area contributed by atoms with E-state index in [-0.39, 0.29) is 0 Å². The van der Waals surface area contributed by atoms with Crippen molar-refractivity contribution in [3.05, 3.63) is 84.2 Å². The Hall–Kier alpha value is -4.11. The monoisotopic (exact) mass is 382 g/mol. The molecule has 0 aliphatic rings. The molecule has 0 bridgehead atoms. The zero-order chi connectivity index (χ0) is 20.1. The summed E-state index contributed by atoms with van der Waals surface area (Å²) in [7, 11) is 1.61. The van der Waals surface area contributed by atoms with Crippen LogP contribution < -0.4 is 14.8 Å². The van der Waals surface area contributed by atoms with Crippen LogP contribution in [0.4, 0.5) is 5.69 Å². The van der Waals surface area contributed by atoms with Gasteiger partial charge in [0.1, 0.15) is 17.6 Å². The van der Waals surface area contributed by atoms with Gasteiger partial charge < -0.3 is 14.8 Å². The van der Waals surface area contributed by atoms with E-state index in [1.54, 1.807) is 25.6 Å². The van der Waals surface area contributed by atoms with Crippen LogP contribution in [-0.4, -0.2) is 17.1 Å². The maximum Gasteiger partial charge on any atom is 0.219 e. The number of anilines is 1. The van der Waals surface area contributed by atoms with Gasteiger partial charge in [-0.05, 0) is 23.8 Å². The normalized spacial score (nSPS) is 10.3. The fourth-order valence-corrected chi connectivity index (χ4v) is 2.97. The fourth-order valence-electron chi connectivity index (χ4n) is 2.97. The Kier molecular flexibility index (Phi) is 5.21. The summed E-state index contributed by atoms with van der Waals surface area (Å²) in [6.07, 6.45) is 3.34. The van der Waals surface area contributed by atoms with Crippen molar-refractivity contribution in [3.8, 4) is 23.4 Å². The van der Waals surface area contributed by atoms with Crippen LogP contribution in [0.25, 0.3) is 10.9 Å². The third-order valence-corrected chi connectivity index (χ3v) is 4.43. The van der Waals surface area contributed by atoms with E-state index in [0.29, 0.717) is 23.7 Å². The number of nitrogens with one attached hydrogen (secondary N) is 1. The lowest BCUT2D eigenvalue weighted by Gasteiger charge is -2.12. The van der Waals surface area contributed by atoms with Crippen molar-refractivity contribution in [2.75, 3.05) is 12.4 Å². The molecule has 142 valence electrons. The van der Waals surface area contributed by atoms with Crippen LogP contribution in [0, 0.1) is 11.3 Å². The number of para-hydroxylation sites is 1. The smallest absolute Gasteiger partial charge is 0.219 e. The number of aromatic nitrogens is 2. The summed E-state index contributed by atoms with van der Waals surface area (Å²) in [6.45, 7) is 0.523. The van der Waals surface area contributed by atoms with Crippen LogP contribution in [0.1, 0.15) is 11.1 Å². The predicted molar refractivity (Wildman–Crippen MR) is 111 cm³/mol. The van der Waals surface area contributed by atoms with Crippen LogP contribution in [0.2, 0.25) is 0 Å². The van der Waals surface area contributed by atoms with Crippen molar-refractivity contribution in [2.45, 2.75) is 6.54 Å². The minimum Gasteiger partial charge on any atom is -0.497 e. The predicted octanol–water partition coefficient (Wildman–Crippen LogP) is 4.91. The Bertz CT molecular complexity index is 1180. The van der Waals surface area contributed by atoms with Crippen molar-refractivity contribution < 1.29 is 9.47 Å². The highest BCUT2D eigenvalue weighted by atomic mass is 16.5. The number of benzene rings is 2. The lowest BCUT2D eigenvalue weighted by atomic mass is 10.1. The highest BCUT2D eigenvalue weighted by Crippen LogP contribution is 2.27. The zero-order valence-corrected chi connectivity index (χ0v) is 15.8. The SMILES string of the molecule is COc1cccc(Oc2ccc(CNc3c(C#N)cnc4ccccc34)cn2)c1. The molecule has 0 radical (unpaired) electrons. The van der Waals surface area contributed by atoms with Gasteiger partial charge in [-0.15, -0.1) is 0 Å². The summed E-state index contributed by atoms with van der Waals surface area (Å²) in [4.78, 5) is 8.70. The first kappa shape index (κ1) is 18.3. The molecule has 6 nitrogen and oxygen atoms in total. The van der Waals surface area contributed by atoms with E-state index in [1.165, 1.54) is 0 Å². The molecule has 6 heteroatoms. The van der Waals surface area contributed by atoms with Gasteiger partial charge in [0.05, 0.1) is 23.9 Å². The second-order valence-electron chi connectivity index (χ2n) is 6.32. The van der Waals surface area contributed by atoms with Crippen molar-refractivity contribution in [3.63, 3.8) is 0 Å². The summed E-state index contributed by atoms with van der Waals surface area (Å²) < 4.78 is 11.0. The first-order valence-corrected chi connectivity index (χ1v) is 9.05. The zero-order valence-electron chi connectivity index (χ0n) is 15.8. The summed E-state index contributed by atoms with van der Waals surface area (Å²) >= 11 is 0. The summed E-state index contributed by atoms with van der Waals surface area (Å²) in [5.74, 6) is 1.87. The maximum atomic E-state index is 9.42. The number of hydrogen-bond donors (Lipinski definition) is 1. The van der Waals surface area contributed by atoms with Gasteiger partial charge in [-0.3, -0.25) is 4.98 Å². The molecule has 0 saturated carbocycles. The standard InChI is InChI=1S/C23H18N4O2/c1-28-18-5-4-6-19(11-18)29-22-10-9-16(13-26-22)14-27-23-17(12-24)15-25-21-8-3-2-7-20(21)23/h2-11,13,15H,14H2,1H3,(H,25,27). The first-order chi connectivity index (χ1) is 14.3. The van der Waals surface area contributed by atoms with Crippen LogP contribution in [0.5, 0.6) is 17.4 Å². The molecule has 4 rings (SSSR count). The molecule has 2 aromatic heterocycles. The molecule has 4 aromatic rings. The molecular formula is C23H18N4O2. The fraction of sp³-hybridized carbons (Fsp3) is 0.0870. The van der Waals surface area contributed by atoms with Crippen LogP contribution >= 0.6 is 0 Å². The molecular weight excluding hydrogens is 364 g/mol. The third-order valence-electron chi connectivity index (χ3n) is 4.43. The van der Waals surface area contributed by atoms with E-state index >= 15 is 0 Å². The second-order valence-corrected chi connectivity index (χ2v) is 6.32. The first-order valence-electron chi connectivity index (χ1n) is 9.05. The van der Waals surface area contributed by atoms with Crippen LogP contribution in [-0.2, 0) is 6.54 Å². The Morgan fingerprint density at radius 2 is 1.83 bits per heavy atom. The number of pyridine rings is 2. The molecule has 0 unspecified atom stereocenters. The number of hydrogen-bond acceptors (Lipinski definition) is 6. The van der Waals surface area contributed by atoms with Gasteiger partial charge >= 0.3 is 0 Å². The van der Waals surface area contributed by atoms with Crippen LogP contribution in [0.15, 0.2) is 73.1 Å². The quantitative estimate of drug-likeness (QED) is 0.510. The van der Waals surface area contributed by atoms with Gasteiger partial charge in [-0.1, -0.05) is 30.3 Å². The van der Waals surface area contributed by atoms with E-state index in [4.69, 9.17) is 9.47 Å². The highest BCUT2D eigenvalue weighted by molar-refractivity contribution is 5.93. The number of nitriles is 1. The minimum atomic E-state index is 0.495. The van der Waals surface area contributed by atoms with E-state index in [2.05, 4.69) is 21.4 Å². The molecule has 0 saturated heterocycles. The highest BCUT2D eigenvalue weighted by Gasteiger charge is 2.08. The summed E-state index contributed by atoms with van der Waals surface area (Å²) in [6, 6.07) is 21.0.